The van der Waals surface area contributed by atoms with E-state index in [-0.39, 0.29) is 10.8 Å². The van der Waals surface area contributed by atoms with Crippen molar-refractivity contribution in [1.82, 2.24) is 19.9 Å². The van der Waals surface area contributed by atoms with Gasteiger partial charge in [0.25, 0.3) is 0 Å². The van der Waals surface area contributed by atoms with Crippen LogP contribution in [0.25, 0.3) is 134 Å². The van der Waals surface area contributed by atoms with E-state index in [1.807, 2.05) is 107 Å². The summed E-state index contributed by atoms with van der Waals surface area (Å²) in [6.45, 7) is 23.3. The van der Waals surface area contributed by atoms with E-state index in [9.17, 15) is 0 Å². The van der Waals surface area contributed by atoms with Crippen LogP contribution in [0, 0.1) is 48.5 Å². The molecule has 2 unspecified atom stereocenters. The van der Waals surface area contributed by atoms with Crippen LogP contribution in [0.1, 0.15) is 147 Å². The summed E-state index contributed by atoms with van der Waals surface area (Å²) in [6, 6.07) is 87.4. The van der Waals surface area contributed by atoms with Gasteiger partial charge in [-0.15, -0.1) is 0 Å². The Morgan fingerprint density at radius 2 is 0.471 bits per heavy atom. The predicted octanol–water partition coefficient (Wildman–Crippen LogP) is 24.3. The van der Waals surface area contributed by atoms with E-state index >= 15 is 0 Å². The lowest BCUT2D eigenvalue weighted by Gasteiger charge is -2.23. The van der Waals surface area contributed by atoms with Crippen LogP contribution in [0.3, 0.4) is 0 Å². The van der Waals surface area contributed by atoms with Crippen LogP contribution in [0.2, 0.25) is 0 Å². The van der Waals surface area contributed by atoms with Crippen molar-refractivity contribution in [2.24, 2.45) is 28.2 Å². The zero-order chi connectivity index (χ0) is 88.3. The van der Waals surface area contributed by atoms with Gasteiger partial charge in [-0.3, -0.25) is 19.9 Å². The first kappa shape index (κ1) is 71.3. The quantitative estimate of drug-likeness (QED) is 0.142. The van der Waals surface area contributed by atoms with E-state index in [4.69, 9.17) is 18.2 Å². The highest BCUT2D eigenvalue weighted by Crippen LogP contribution is 2.57. The molecule has 8 heteroatoms. The second kappa shape index (κ2) is 30.5. The molecule has 0 amide bonds. The largest absolute Gasteiger partial charge is 0.260 e. The molecule has 0 bridgehead atoms. The summed E-state index contributed by atoms with van der Waals surface area (Å²) in [7, 11) is 8.30. The lowest BCUT2D eigenvalue weighted by atomic mass is 9.80. The molecule has 0 N–H and O–H groups in total. The normalized spacial score (nSPS) is 16.3. The Morgan fingerprint density at radius 3 is 0.723 bits per heavy atom. The zero-order valence-electron chi connectivity index (χ0n) is 77.4. The Labute approximate surface area is 712 Å². The first-order valence-corrected chi connectivity index (χ1v) is 41.3. The number of nitrogens with zero attached hydrogens (tertiary/aromatic N) is 8. The molecule has 8 heterocycles. The third kappa shape index (κ3) is 13.7. The van der Waals surface area contributed by atoms with Gasteiger partial charge in [0.15, 0.2) is 24.8 Å². The number of hydrogen-bond acceptors (Lipinski definition) is 4. The summed E-state index contributed by atoms with van der Waals surface area (Å²) < 4.78 is 59.9. The number of aryl methyl sites for hydroxylation is 11. The summed E-state index contributed by atoms with van der Waals surface area (Å²) in [4.78, 5) is 18.7. The van der Waals surface area contributed by atoms with Gasteiger partial charge in [-0.25, -0.2) is 18.3 Å². The first-order chi connectivity index (χ1) is 59.6. The topological polar surface area (TPSA) is 67.1 Å². The number of rotatable bonds is 8. The van der Waals surface area contributed by atoms with E-state index < -0.39 is 24.5 Å². The molecule has 8 aromatic carbocycles. The summed E-state index contributed by atoms with van der Waals surface area (Å²) in [5, 5.41) is 0. The van der Waals surface area contributed by atoms with Crippen molar-refractivity contribution in [1.29, 1.82) is 0 Å². The van der Waals surface area contributed by atoms with Crippen molar-refractivity contribution >= 4 is 0 Å². The Bertz CT molecular complexity index is 6760. The summed E-state index contributed by atoms with van der Waals surface area (Å²) in [6.07, 6.45) is 15.7. The van der Waals surface area contributed by atoms with Crippen LogP contribution in [-0.2, 0) is 49.9 Å². The lowest BCUT2D eigenvalue weighted by Crippen LogP contribution is -2.32. The number of pyridine rings is 8. The maximum absolute atomic E-state index is 8.55. The number of benzene rings is 8. The van der Waals surface area contributed by atoms with Gasteiger partial charge in [0.2, 0.25) is 22.8 Å². The van der Waals surface area contributed by atoms with E-state index in [1.165, 1.54) is 117 Å². The molecule has 8 nitrogen and oxygen atoms in total. The van der Waals surface area contributed by atoms with Crippen LogP contribution in [0.4, 0.5) is 0 Å². The molecule has 0 saturated carbocycles. The van der Waals surface area contributed by atoms with Gasteiger partial charge in [0, 0.05) is 125 Å². The molecule has 0 radical (unpaired) electrons. The molecule has 4 aliphatic rings. The van der Waals surface area contributed by atoms with Gasteiger partial charge in [0.05, 0.1) is 45.0 Å². The van der Waals surface area contributed by atoms with Gasteiger partial charge in [-0.2, -0.15) is 0 Å². The molecule has 2 atom stereocenters. The summed E-state index contributed by atoms with van der Waals surface area (Å²) >= 11 is 0. The Balaban J connectivity index is 0.000000118. The van der Waals surface area contributed by atoms with Gasteiger partial charge in [-0.1, -0.05) is 248 Å². The highest BCUT2D eigenvalue weighted by molar-refractivity contribution is 5.93. The minimum Gasteiger partial charge on any atom is -0.260 e. The van der Waals surface area contributed by atoms with E-state index in [1.54, 1.807) is 12.4 Å². The molecule has 586 valence electrons. The monoisotopic (exact) mass is 1560 g/mol. The molecule has 119 heavy (non-hydrogen) atoms. The van der Waals surface area contributed by atoms with Crippen molar-refractivity contribution in [3.8, 4) is 134 Å². The Hall–Kier alpha value is -13.0. The number of fused-ring (bicyclic) bond motifs is 12. The minimum atomic E-state index is -2.25. The molecule has 0 saturated heterocycles. The second-order valence-corrected chi connectivity index (χ2v) is 34.4. The maximum Gasteiger partial charge on any atom is 0.213 e. The molecule has 20 rings (SSSR count). The SMILES string of the molecule is Cc1ccc(-c2cc[n+](C)c(-c3c(C)ccc4c3C(C)(C)c3ncccc3-4)c2)cc1.Cc1ccc(-c2cc[n+](C)c(-c3c(C)ccc4c3C(C)(C)c3ncccc3-4)c2)cc1.[2H]C([2H])([2H])C1(C)c2ncccc2-c2ccc(C)c(-c3cc(-c4ccc(C)cc4)cc[n+]3C)c21.[2H]C([2H])([2H])C1(C)c2ncccc2-c2ccc(C)c(-c3cc(-c4ccccc4)cc[n+]3C)c21. The molecular weight excluding hydrogens is 1450 g/mol. The summed E-state index contributed by atoms with van der Waals surface area (Å²) in [5.74, 6) is 0. The fraction of sp³-hybridized carbons (Fsp3) is 0.207. The number of hydrogen-bond donors (Lipinski definition) is 0. The molecule has 16 aromatic rings. The van der Waals surface area contributed by atoms with Crippen molar-refractivity contribution < 1.29 is 26.5 Å². The smallest absolute Gasteiger partial charge is 0.213 e. The maximum atomic E-state index is 8.55. The average Bonchev–Trinajstić information content (AvgIpc) is 1.55. The highest BCUT2D eigenvalue weighted by Gasteiger charge is 2.45. The lowest BCUT2D eigenvalue weighted by molar-refractivity contribution is -0.660. The average molecular weight is 1560 g/mol. The van der Waals surface area contributed by atoms with E-state index in [0.717, 1.165) is 89.3 Å². The molecular formula is C111H106N8+4. The second-order valence-electron chi connectivity index (χ2n) is 34.4. The van der Waals surface area contributed by atoms with Crippen LogP contribution in [-0.4, -0.2) is 19.9 Å². The number of aromatic nitrogens is 8. The van der Waals surface area contributed by atoms with E-state index in [2.05, 4.69) is 325 Å². The third-order valence-electron chi connectivity index (χ3n) is 25.3. The molecule has 0 aliphatic heterocycles. The van der Waals surface area contributed by atoms with Crippen molar-refractivity contribution in [2.75, 3.05) is 0 Å². The van der Waals surface area contributed by atoms with Crippen LogP contribution < -0.4 is 18.3 Å². The van der Waals surface area contributed by atoms with Crippen molar-refractivity contribution in [3.63, 3.8) is 0 Å². The van der Waals surface area contributed by atoms with Crippen LogP contribution in [0.15, 0.2) is 298 Å². The van der Waals surface area contributed by atoms with Gasteiger partial charge in [-0.05, 0) is 184 Å². The summed E-state index contributed by atoms with van der Waals surface area (Å²) in [5.41, 5.74) is 41.2. The Morgan fingerprint density at radius 1 is 0.235 bits per heavy atom. The first-order valence-electron chi connectivity index (χ1n) is 44.3. The minimum absolute atomic E-state index is 0.139. The van der Waals surface area contributed by atoms with Gasteiger partial charge < -0.3 is 0 Å². The van der Waals surface area contributed by atoms with E-state index in [0.29, 0.717) is 11.4 Å². The van der Waals surface area contributed by atoms with Crippen molar-refractivity contribution in [3.05, 3.63) is 382 Å². The zero-order valence-corrected chi connectivity index (χ0v) is 71.4. The standard InChI is InChI=1S/3C28H27N2.C27H25N2/c3*1-18-8-11-20(12-9-18)21-14-16-30(5)24(17-21)25-19(2)10-13-22-23-7-6-15-29-27(23)28(3,4)26(22)25;1-18-12-13-21-22-11-8-15-28-26(22)27(2,3)25(21)24(18)23-17-20(14-16-29(23)4)19-9-6-5-7-10-19/h3*6-17H,1-5H3;5-17H,1-4H3/q4*+1/i3D3;;;2D3. The van der Waals surface area contributed by atoms with Crippen LogP contribution in [0.5, 0.6) is 0 Å². The molecule has 0 fully saturated rings. The van der Waals surface area contributed by atoms with Crippen molar-refractivity contribution in [2.45, 2.75) is 125 Å². The molecule has 0 spiro atoms. The fourth-order valence-corrected chi connectivity index (χ4v) is 19.0. The molecule has 8 aromatic heterocycles. The predicted molar refractivity (Wildman–Crippen MR) is 489 cm³/mol. The van der Waals surface area contributed by atoms with Crippen LogP contribution >= 0.6 is 0 Å². The third-order valence-corrected chi connectivity index (χ3v) is 25.3. The Kier molecular flexibility index (Phi) is 18.3. The fourth-order valence-electron chi connectivity index (χ4n) is 19.0. The highest BCUT2D eigenvalue weighted by atomic mass is 14.9. The van der Waals surface area contributed by atoms with Gasteiger partial charge in [0.1, 0.15) is 28.2 Å². The molecule has 4 aliphatic carbocycles. The van der Waals surface area contributed by atoms with Gasteiger partial charge >= 0.3 is 0 Å².